The van der Waals surface area contributed by atoms with E-state index in [9.17, 15) is 9.18 Å². The van der Waals surface area contributed by atoms with Crippen LogP contribution < -0.4 is 14.2 Å². The average molecular weight is 408 g/mol. The van der Waals surface area contributed by atoms with E-state index in [0.717, 1.165) is 11.1 Å². The van der Waals surface area contributed by atoms with Crippen molar-refractivity contribution in [1.29, 1.82) is 0 Å². The number of aryl methyl sites for hydroxylation is 1. The third-order valence-electron chi connectivity index (χ3n) is 4.39. The van der Waals surface area contributed by atoms with Crippen LogP contribution in [0.1, 0.15) is 31.4 Å². The lowest BCUT2D eigenvalue weighted by Gasteiger charge is -2.13. The zero-order valence-electron chi connectivity index (χ0n) is 17.2. The second-order valence-electron chi connectivity index (χ2n) is 6.92. The van der Waals surface area contributed by atoms with Gasteiger partial charge in [0.05, 0.1) is 6.61 Å². The molecular weight excluding hydrogens is 383 g/mol. The van der Waals surface area contributed by atoms with Crippen LogP contribution in [0.25, 0.3) is 0 Å². The Kier molecular flexibility index (Phi) is 7.44. The van der Waals surface area contributed by atoms with E-state index in [4.69, 9.17) is 14.2 Å². The lowest BCUT2D eigenvalue weighted by atomic mass is 10.1. The molecule has 0 radical (unpaired) electrons. The molecule has 0 bridgehead atoms. The van der Waals surface area contributed by atoms with E-state index >= 15 is 0 Å². The molecule has 3 aromatic carbocycles. The molecule has 0 amide bonds. The minimum Gasteiger partial charge on any atom is -0.494 e. The molecule has 0 saturated heterocycles. The summed E-state index contributed by atoms with van der Waals surface area (Å²) in [5, 5.41) is 0. The molecule has 0 aliphatic carbocycles. The minimum atomic E-state index is -0.447. The van der Waals surface area contributed by atoms with Gasteiger partial charge in [0.2, 0.25) is 0 Å². The summed E-state index contributed by atoms with van der Waals surface area (Å²) in [6.45, 7) is 4.12. The monoisotopic (exact) mass is 408 g/mol. The zero-order chi connectivity index (χ0) is 21.3. The fraction of sp³-hybridized carbons (Fsp3) is 0.240. The minimum absolute atomic E-state index is 0.0819. The van der Waals surface area contributed by atoms with Gasteiger partial charge in [-0.15, -0.1) is 0 Å². The van der Waals surface area contributed by atoms with Crippen molar-refractivity contribution in [2.24, 2.45) is 0 Å². The van der Waals surface area contributed by atoms with E-state index < -0.39 is 5.82 Å². The molecule has 3 rings (SSSR count). The predicted molar refractivity (Wildman–Crippen MR) is 114 cm³/mol. The molecule has 3 aromatic rings. The van der Waals surface area contributed by atoms with Crippen LogP contribution in [0.3, 0.4) is 0 Å². The predicted octanol–water partition coefficient (Wildman–Crippen LogP) is 6.12. The Bertz CT molecular complexity index is 986. The number of carbonyl (C=O) groups is 1. The topological polar surface area (TPSA) is 44.8 Å². The second-order valence-corrected chi connectivity index (χ2v) is 6.92. The van der Waals surface area contributed by atoms with Gasteiger partial charge in [-0.25, -0.2) is 4.39 Å². The molecule has 156 valence electrons. The van der Waals surface area contributed by atoms with Gasteiger partial charge in [-0.1, -0.05) is 24.3 Å². The molecule has 0 saturated carbocycles. The van der Waals surface area contributed by atoms with Gasteiger partial charge in [0, 0.05) is 12.5 Å². The Morgan fingerprint density at radius 2 is 1.63 bits per heavy atom. The van der Waals surface area contributed by atoms with Crippen LogP contribution in [-0.4, -0.2) is 12.4 Å². The first-order valence-electron chi connectivity index (χ1n) is 9.94. The number of carbonyl (C=O) groups excluding carboxylic acids is 1. The van der Waals surface area contributed by atoms with Gasteiger partial charge in [0.25, 0.3) is 0 Å². The maximum atomic E-state index is 14.4. The molecule has 0 aliphatic rings. The highest BCUT2D eigenvalue weighted by atomic mass is 19.1. The molecule has 0 unspecified atom stereocenters. The SMILES string of the molecule is CCOc1cc(COc2ccc(CCC(C)=O)cc2F)cc(Oc2ccccc2)c1. The van der Waals surface area contributed by atoms with Gasteiger partial charge in [0.15, 0.2) is 11.6 Å². The van der Waals surface area contributed by atoms with Crippen molar-refractivity contribution in [2.45, 2.75) is 33.3 Å². The van der Waals surface area contributed by atoms with Crippen molar-refractivity contribution >= 4 is 5.78 Å². The Morgan fingerprint density at radius 1 is 0.867 bits per heavy atom. The number of ether oxygens (including phenoxy) is 3. The molecule has 0 atom stereocenters. The van der Waals surface area contributed by atoms with Crippen LogP contribution in [0.15, 0.2) is 66.7 Å². The summed E-state index contributed by atoms with van der Waals surface area (Å²) in [4.78, 5) is 11.1. The van der Waals surface area contributed by atoms with Crippen LogP contribution >= 0.6 is 0 Å². The lowest BCUT2D eigenvalue weighted by molar-refractivity contribution is -0.116. The zero-order valence-corrected chi connectivity index (χ0v) is 17.2. The number of ketones is 1. The van der Waals surface area contributed by atoms with Crippen LogP contribution in [0.4, 0.5) is 4.39 Å². The molecule has 0 N–H and O–H groups in total. The van der Waals surface area contributed by atoms with Crippen LogP contribution in [0, 0.1) is 5.82 Å². The van der Waals surface area contributed by atoms with Crippen molar-refractivity contribution in [2.75, 3.05) is 6.61 Å². The molecule has 0 fully saturated rings. The van der Waals surface area contributed by atoms with Gasteiger partial charge in [-0.05, 0) is 67.8 Å². The Morgan fingerprint density at radius 3 is 2.33 bits per heavy atom. The Hall–Kier alpha value is -3.34. The highest BCUT2D eigenvalue weighted by Crippen LogP contribution is 2.29. The molecule has 0 spiro atoms. The van der Waals surface area contributed by atoms with E-state index in [1.807, 2.05) is 55.5 Å². The fourth-order valence-electron chi connectivity index (χ4n) is 2.95. The molecule has 5 heteroatoms. The number of hydrogen-bond donors (Lipinski definition) is 0. The van der Waals surface area contributed by atoms with E-state index in [1.165, 1.54) is 13.0 Å². The Balaban J connectivity index is 1.71. The fourth-order valence-corrected chi connectivity index (χ4v) is 2.95. The summed E-state index contributed by atoms with van der Waals surface area (Å²) in [7, 11) is 0. The number of halogens is 1. The standard InChI is InChI=1S/C25H25FO4/c1-3-28-22-13-20(14-23(16-22)30-21-7-5-4-6-8-21)17-29-25-12-11-19(15-24(25)26)10-9-18(2)27/h4-8,11-16H,3,9-10,17H2,1-2H3. The average Bonchev–Trinajstić information content (AvgIpc) is 2.72. The third-order valence-corrected chi connectivity index (χ3v) is 4.39. The van der Waals surface area contributed by atoms with E-state index in [0.29, 0.717) is 36.7 Å². The molecule has 0 aromatic heterocycles. The third kappa shape index (κ3) is 6.34. The highest BCUT2D eigenvalue weighted by molar-refractivity contribution is 5.75. The van der Waals surface area contributed by atoms with E-state index in [-0.39, 0.29) is 18.1 Å². The van der Waals surface area contributed by atoms with Crippen molar-refractivity contribution in [3.05, 3.63) is 83.7 Å². The van der Waals surface area contributed by atoms with Crippen LogP contribution in [0.5, 0.6) is 23.0 Å². The number of hydrogen-bond acceptors (Lipinski definition) is 4. The van der Waals surface area contributed by atoms with Crippen molar-refractivity contribution in [1.82, 2.24) is 0 Å². The summed E-state index contributed by atoms with van der Waals surface area (Å²) in [6.07, 6.45) is 0.914. The molecule has 30 heavy (non-hydrogen) atoms. The largest absolute Gasteiger partial charge is 0.494 e. The molecule has 4 nitrogen and oxygen atoms in total. The molecule has 0 heterocycles. The Labute approximate surface area is 176 Å². The maximum absolute atomic E-state index is 14.4. The van der Waals surface area contributed by atoms with E-state index in [2.05, 4.69) is 0 Å². The summed E-state index contributed by atoms with van der Waals surface area (Å²) in [5.41, 5.74) is 1.57. The molecule has 0 aliphatic heterocycles. The molecular formula is C25H25FO4. The summed E-state index contributed by atoms with van der Waals surface area (Å²) < 4.78 is 31.6. The van der Waals surface area contributed by atoms with Crippen molar-refractivity contribution < 1.29 is 23.4 Å². The summed E-state index contributed by atoms with van der Waals surface area (Å²) in [5.74, 6) is 1.78. The number of benzene rings is 3. The number of para-hydroxylation sites is 1. The van der Waals surface area contributed by atoms with E-state index in [1.54, 1.807) is 12.1 Å². The number of rotatable bonds is 10. The first-order chi connectivity index (χ1) is 14.5. The first kappa shape index (κ1) is 21.4. The smallest absolute Gasteiger partial charge is 0.165 e. The highest BCUT2D eigenvalue weighted by Gasteiger charge is 2.09. The lowest BCUT2D eigenvalue weighted by Crippen LogP contribution is -2.01. The van der Waals surface area contributed by atoms with Gasteiger partial charge >= 0.3 is 0 Å². The summed E-state index contributed by atoms with van der Waals surface area (Å²) in [6, 6.07) is 19.7. The van der Waals surface area contributed by atoms with Gasteiger partial charge < -0.3 is 19.0 Å². The van der Waals surface area contributed by atoms with Gasteiger partial charge in [-0.2, -0.15) is 0 Å². The quantitative estimate of drug-likeness (QED) is 0.406. The van der Waals surface area contributed by atoms with Gasteiger partial charge in [0.1, 0.15) is 29.6 Å². The van der Waals surface area contributed by atoms with Crippen molar-refractivity contribution in [3.8, 4) is 23.0 Å². The first-order valence-corrected chi connectivity index (χ1v) is 9.94. The normalized spacial score (nSPS) is 10.5. The van der Waals surface area contributed by atoms with Crippen LogP contribution in [0.2, 0.25) is 0 Å². The van der Waals surface area contributed by atoms with Gasteiger partial charge in [-0.3, -0.25) is 0 Å². The maximum Gasteiger partial charge on any atom is 0.165 e. The second kappa shape index (κ2) is 10.4. The summed E-state index contributed by atoms with van der Waals surface area (Å²) >= 11 is 0. The van der Waals surface area contributed by atoms with Crippen molar-refractivity contribution in [3.63, 3.8) is 0 Å². The van der Waals surface area contributed by atoms with Crippen LogP contribution in [-0.2, 0) is 17.8 Å². The number of Topliss-reactive ketones (excluding diaryl/α,β-unsaturated/α-hetero) is 1.